The highest BCUT2D eigenvalue weighted by Gasteiger charge is 2.06. The smallest absolute Gasteiger partial charge is 0.338 e. The zero-order chi connectivity index (χ0) is 19.5. The van der Waals surface area contributed by atoms with Crippen LogP contribution < -0.4 is 10.1 Å². The monoisotopic (exact) mass is 367 g/mol. The van der Waals surface area contributed by atoms with Crippen LogP contribution in [0.3, 0.4) is 0 Å². The molecule has 2 aromatic carbocycles. The molecule has 2 aromatic rings. The predicted molar refractivity (Wildman–Crippen MR) is 107 cm³/mol. The molecule has 0 saturated carbocycles. The van der Waals surface area contributed by atoms with Crippen LogP contribution in [0.5, 0.6) is 5.75 Å². The number of carbonyl (C=O) groups is 2. The Morgan fingerprint density at radius 3 is 2.48 bits per heavy atom. The topological polar surface area (TPSA) is 64.6 Å². The van der Waals surface area contributed by atoms with Crippen molar-refractivity contribution in [1.82, 2.24) is 0 Å². The Kier molecular flexibility index (Phi) is 8.10. The summed E-state index contributed by atoms with van der Waals surface area (Å²) in [6.45, 7) is 4.84. The minimum atomic E-state index is -0.380. The number of benzene rings is 2. The van der Waals surface area contributed by atoms with Crippen LogP contribution in [0.25, 0.3) is 6.08 Å². The molecule has 0 aliphatic heterocycles. The van der Waals surface area contributed by atoms with E-state index in [1.807, 2.05) is 24.3 Å². The van der Waals surface area contributed by atoms with Gasteiger partial charge in [0.2, 0.25) is 5.91 Å². The van der Waals surface area contributed by atoms with Gasteiger partial charge in [-0.3, -0.25) is 4.79 Å². The van der Waals surface area contributed by atoms with Gasteiger partial charge < -0.3 is 14.8 Å². The minimum absolute atomic E-state index is 0.262. The highest BCUT2D eigenvalue weighted by Crippen LogP contribution is 2.20. The lowest BCUT2D eigenvalue weighted by atomic mass is 10.2. The highest BCUT2D eigenvalue weighted by molar-refractivity contribution is 6.02. The molecular formula is C22H25NO4. The van der Waals surface area contributed by atoms with Gasteiger partial charge in [-0.1, -0.05) is 31.5 Å². The maximum atomic E-state index is 12.1. The van der Waals surface area contributed by atoms with Gasteiger partial charge in [-0.15, -0.1) is 0 Å². The zero-order valence-corrected chi connectivity index (χ0v) is 15.7. The Morgan fingerprint density at radius 2 is 1.78 bits per heavy atom. The first-order chi connectivity index (χ1) is 13.1. The lowest BCUT2D eigenvalue weighted by Gasteiger charge is -2.08. The number of ether oxygens (including phenoxy) is 2. The van der Waals surface area contributed by atoms with E-state index in [-0.39, 0.29) is 11.9 Å². The summed E-state index contributed by atoms with van der Waals surface area (Å²) < 4.78 is 10.7. The van der Waals surface area contributed by atoms with Crippen LogP contribution in [-0.2, 0) is 9.53 Å². The van der Waals surface area contributed by atoms with Gasteiger partial charge in [0.25, 0.3) is 0 Å². The van der Waals surface area contributed by atoms with Crippen LogP contribution >= 0.6 is 0 Å². The number of para-hydroxylation sites is 1. The second kappa shape index (κ2) is 10.8. The SMILES string of the molecule is CCCCOc1ccccc1/C=C/C(=O)Nc1ccc(C(=O)OCC)cc1. The maximum absolute atomic E-state index is 12.1. The average Bonchev–Trinajstić information content (AvgIpc) is 2.68. The Bertz CT molecular complexity index is 781. The molecule has 5 nitrogen and oxygen atoms in total. The normalized spacial score (nSPS) is 10.6. The lowest BCUT2D eigenvalue weighted by Crippen LogP contribution is -2.09. The van der Waals surface area contributed by atoms with E-state index < -0.39 is 0 Å². The first kappa shape index (κ1) is 20.2. The molecule has 0 bridgehead atoms. The van der Waals surface area contributed by atoms with E-state index in [1.165, 1.54) is 6.08 Å². The average molecular weight is 367 g/mol. The largest absolute Gasteiger partial charge is 0.493 e. The van der Waals surface area contributed by atoms with E-state index in [2.05, 4.69) is 12.2 Å². The van der Waals surface area contributed by atoms with Crippen molar-refractivity contribution >= 4 is 23.6 Å². The number of unbranched alkanes of at least 4 members (excludes halogenated alkanes) is 1. The molecule has 5 heteroatoms. The van der Waals surface area contributed by atoms with Crippen molar-refractivity contribution in [1.29, 1.82) is 0 Å². The molecule has 0 atom stereocenters. The summed E-state index contributed by atoms with van der Waals surface area (Å²) in [6, 6.07) is 14.2. The summed E-state index contributed by atoms with van der Waals surface area (Å²) in [5.74, 6) is 0.117. The molecule has 0 aromatic heterocycles. The van der Waals surface area contributed by atoms with Crippen molar-refractivity contribution in [2.75, 3.05) is 18.5 Å². The highest BCUT2D eigenvalue weighted by atomic mass is 16.5. The minimum Gasteiger partial charge on any atom is -0.493 e. The van der Waals surface area contributed by atoms with Crippen LogP contribution in [-0.4, -0.2) is 25.1 Å². The van der Waals surface area contributed by atoms with Crippen molar-refractivity contribution in [2.24, 2.45) is 0 Å². The summed E-state index contributed by atoms with van der Waals surface area (Å²) in [5.41, 5.74) is 1.90. The molecule has 0 aliphatic carbocycles. The second-order valence-corrected chi connectivity index (χ2v) is 5.86. The Morgan fingerprint density at radius 1 is 1.04 bits per heavy atom. The van der Waals surface area contributed by atoms with Gasteiger partial charge in [0.15, 0.2) is 0 Å². The standard InChI is InChI=1S/C22H25NO4/c1-3-5-16-27-20-9-7-6-8-17(20)12-15-21(24)23-19-13-10-18(11-14-19)22(25)26-4-2/h6-15H,3-5,16H2,1-2H3,(H,23,24)/b15-12+. The van der Waals surface area contributed by atoms with Gasteiger partial charge in [-0.2, -0.15) is 0 Å². The number of carbonyl (C=O) groups excluding carboxylic acids is 2. The number of hydrogen-bond donors (Lipinski definition) is 1. The van der Waals surface area contributed by atoms with Gasteiger partial charge in [-0.25, -0.2) is 4.79 Å². The van der Waals surface area contributed by atoms with Crippen LogP contribution in [0.4, 0.5) is 5.69 Å². The van der Waals surface area contributed by atoms with Gasteiger partial charge in [0.1, 0.15) is 5.75 Å². The van der Waals surface area contributed by atoms with Gasteiger partial charge >= 0.3 is 5.97 Å². The summed E-state index contributed by atoms with van der Waals surface area (Å²) in [7, 11) is 0. The van der Waals surface area contributed by atoms with Crippen molar-refractivity contribution in [2.45, 2.75) is 26.7 Å². The molecular weight excluding hydrogens is 342 g/mol. The van der Waals surface area contributed by atoms with E-state index in [0.717, 1.165) is 24.2 Å². The van der Waals surface area contributed by atoms with E-state index in [1.54, 1.807) is 37.3 Å². The number of amides is 1. The molecule has 0 fully saturated rings. The molecule has 27 heavy (non-hydrogen) atoms. The molecule has 0 radical (unpaired) electrons. The predicted octanol–water partition coefficient (Wildman–Crippen LogP) is 4.69. The van der Waals surface area contributed by atoms with E-state index in [0.29, 0.717) is 24.5 Å². The molecule has 0 unspecified atom stereocenters. The van der Waals surface area contributed by atoms with Crippen molar-refractivity contribution in [3.05, 3.63) is 65.7 Å². The molecule has 142 valence electrons. The van der Waals surface area contributed by atoms with Gasteiger partial charge in [0.05, 0.1) is 18.8 Å². The third-order valence-corrected chi connectivity index (χ3v) is 3.75. The molecule has 0 heterocycles. The molecule has 1 amide bonds. The molecule has 0 saturated heterocycles. The fourth-order valence-corrected chi connectivity index (χ4v) is 2.33. The van der Waals surface area contributed by atoms with Gasteiger partial charge in [-0.05, 0) is 49.8 Å². The molecule has 0 aliphatic rings. The van der Waals surface area contributed by atoms with Crippen LogP contribution in [0.1, 0.15) is 42.6 Å². The fourth-order valence-electron chi connectivity index (χ4n) is 2.33. The fraction of sp³-hybridized carbons (Fsp3) is 0.273. The van der Waals surface area contributed by atoms with E-state index in [4.69, 9.17) is 9.47 Å². The second-order valence-electron chi connectivity index (χ2n) is 5.86. The zero-order valence-electron chi connectivity index (χ0n) is 15.7. The van der Waals surface area contributed by atoms with Crippen molar-refractivity contribution in [3.8, 4) is 5.75 Å². The van der Waals surface area contributed by atoms with Crippen molar-refractivity contribution in [3.63, 3.8) is 0 Å². The first-order valence-electron chi connectivity index (χ1n) is 9.12. The maximum Gasteiger partial charge on any atom is 0.338 e. The Labute approximate surface area is 160 Å². The third kappa shape index (κ3) is 6.62. The number of rotatable bonds is 9. The van der Waals surface area contributed by atoms with E-state index >= 15 is 0 Å². The number of esters is 1. The first-order valence-corrected chi connectivity index (χ1v) is 9.12. The summed E-state index contributed by atoms with van der Waals surface area (Å²) in [6.07, 6.45) is 5.24. The lowest BCUT2D eigenvalue weighted by molar-refractivity contribution is -0.111. The number of anilines is 1. The summed E-state index contributed by atoms with van der Waals surface area (Å²) in [5, 5.41) is 2.76. The Hall–Kier alpha value is -3.08. The molecule has 1 N–H and O–H groups in total. The summed E-state index contributed by atoms with van der Waals surface area (Å²) in [4.78, 5) is 23.8. The molecule has 2 rings (SSSR count). The van der Waals surface area contributed by atoms with Crippen LogP contribution in [0, 0.1) is 0 Å². The van der Waals surface area contributed by atoms with Crippen LogP contribution in [0.15, 0.2) is 54.6 Å². The van der Waals surface area contributed by atoms with Crippen LogP contribution in [0.2, 0.25) is 0 Å². The Balaban J connectivity index is 1.96. The van der Waals surface area contributed by atoms with Gasteiger partial charge in [0, 0.05) is 17.3 Å². The molecule has 0 spiro atoms. The summed E-state index contributed by atoms with van der Waals surface area (Å²) >= 11 is 0. The number of nitrogens with one attached hydrogen (secondary N) is 1. The quantitative estimate of drug-likeness (QED) is 0.397. The van der Waals surface area contributed by atoms with Crippen molar-refractivity contribution < 1.29 is 19.1 Å². The third-order valence-electron chi connectivity index (χ3n) is 3.75. The number of hydrogen-bond acceptors (Lipinski definition) is 4. The van der Waals surface area contributed by atoms with E-state index in [9.17, 15) is 9.59 Å².